The maximum absolute atomic E-state index is 12.2. The molecule has 160 valence electrons. The summed E-state index contributed by atoms with van der Waals surface area (Å²) in [6.07, 6.45) is 2.88. The number of aliphatic imine (C=N–C) groups is 1. The smallest absolute Gasteiger partial charge is 0.225 e. The zero-order chi connectivity index (χ0) is 20.8. The van der Waals surface area contributed by atoms with E-state index < -0.39 is 0 Å². The minimum atomic E-state index is 0.0486. The number of nitrogens with zero attached hydrogens (tertiary/aromatic N) is 5. The number of amides is 1. The molecule has 0 aliphatic carbocycles. The van der Waals surface area contributed by atoms with Crippen LogP contribution in [0.1, 0.15) is 25.8 Å². The van der Waals surface area contributed by atoms with Crippen LogP contribution >= 0.6 is 0 Å². The van der Waals surface area contributed by atoms with Gasteiger partial charge in [0.05, 0.1) is 0 Å². The van der Waals surface area contributed by atoms with Gasteiger partial charge in [0.2, 0.25) is 5.91 Å². The summed E-state index contributed by atoms with van der Waals surface area (Å²) >= 11 is 0. The van der Waals surface area contributed by atoms with E-state index in [-0.39, 0.29) is 17.9 Å². The van der Waals surface area contributed by atoms with E-state index in [9.17, 15) is 4.79 Å². The first-order chi connectivity index (χ1) is 14.0. The summed E-state index contributed by atoms with van der Waals surface area (Å²) < 4.78 is 0. The van der Waals surface area contributed by atoms with Crippen LogP contribution in [0.2, 0.25) is 0 Å². The molecule has 1 atom stereocenters. The highest BCUT2D eigenvalue weighted by Gasteiger charge is 2.27. The van der Waals surface area contributed by atoms with Crippen molar-refractivity contribution in [1.82, 2.24) is 25.4 Å². The third kappa shape index (κ3) is 5.82. The fraction of sp³-hybridized carbons (Fsp3) is 0.667. The van der Waals surface area contributed by atoms with Crippen LogP contribution in [-0.2, 0) is 11.3 Å². The molecule has 0 saturated carbocycles. The lowest BCUT2D eigenvalue weighted by molar-refractivity contribution is -0.133. The number of carbonyl (C=O) groups is 1. The number of nitrogens with one attached hydrogen (secondary N) is 2. The number of aromatic nitrogens is 1. The average molecular weight is 402 g/mol. The molecule has 0 spiro atoms. The zero-order valence-corrected chi connectivity index (χ0v) is 18.2. The Balaban J connectivity index is 1.45. The van der Waals surface area contributed by atoms with Crippen LogP contribution in [0.3, 0.4) is 0 Å². The van der Waals surface area contributed by atoms with Crippen LogP contribution in [0, 0.1) is 5.92 Å². The van der Waals surface area contributed by atoms with E-state index in [0.29, 0.717) is 6.54 Å². The van der Waals surface area contributed by atoms with Crippen molar-refractivity contribution in [2.24, 2.45) is 10.9 Å². The Bertz CT molecular complexity index is 695. The van der Waals surface area contributed by atoms with Gasteiger partial charge in [-0.15, -0.1) is 0 Å². The Labute approximate surface area is 174 Å². The second-order valence-corrected chi connectivity index (χ2v) is 8.31. The van der Waals surface area contributed by atoms with Crippen LogP contribution in [-0.4, -0.2) is 86.1 Å². The highest BCUT2D eigenvalue weighted by Crippen LogP contribution is 2.14. The number of likely N-dealkylation sites (N-methyl/N-ethyl adjacent to an activating group) is 1. The van der Waals surface area contributed by atoms with E-state index in [2.05, 4.69) is 49.6 Å². The Kier molecular flexibility index (Phi) is 7.30. The third-order valence-corrected chi connectivity index (χ3v) is 5.65. The van der Waals surface area contributed by atoms with Crippen LogP contribution in [0.4, 0.5) is 5.82 Å². The van der Waals surface area contributed by atoms with E-state index >= 15 is 0 Å². The second-order valence-electron chi connectivity index (χ2n) is 8.31. The molecule has 2 aliphatic heterocycles. The maximum Gasteiger partial charge on any atom is 0.225 e. The van der Waals surface area contributed by atoms with Gasteiger partial charge in [-0.3, -0.25) is 9.79 Å². The second kappa shape index (κ2) is 9.91. The molecule has 2 N–H and O–H groups in total. The Morgan fingerprint density at radius 3 is 2.62 bits per heavy atom. The van der Waals surface area contributed by atoms with Crippen molar-refractivity contribution in [2.45, 2.75) is 32.9 Å². The Morgan fingerprint density at radius 2 is 2.00 bits per heavy atom. The van der Waals surface area contributed by atoms with Crippen molar-refractivity contribution in [3.8, 4) is 0 Å². The topological polar surface area (TPSA) is 76.1 Å². The summed E-state index contributed by atoms with van der Waals surface area (Å²) in [5.41, 5.74) is 1.12. The largest absolute Gasteiger partial charge is 0.354 e. The molecule has 1 aromatic heterocycles. The molecule has 8 nitrogen and oxygen atoms in total. The molecular formula is C21H35N7O. The number of guanidine groups is 1. The summed E-state index contributed by atoms with van der Waals surface area (Å²) in [6.45, 7) is 10.3. The van der Waals surface area contributed by atoms with Gasteiger partial charge in [-0.2, -0.15) is 0 Å². The monoisotopic (exact) mass is 401 g/mol. The highest BCUT2D eigenvalue weighted by atomic mass is 16.2. The lowest BCUT2D eigenvalue weighted by Crippen LogP contribution is -2.45. The molecule has 2 aliphatic rings. The molecule has 1 unspecified atom stereocenters. The van der Waals surface area contributed by atoms with E-state index in [4.69, 9.17) is 0 Å². The van der Waals surface area contributed by atoms with Crippen molar-refractivity contribution >= 4 is 17.7 Å². The minimum Gasteiger partial charge on any atom is -0.354 e. The van der Waals surface area contributed by atoms with Crippen molar-refractivity contribution in [2.75, 3.05) is 58.3 Å². The molecule has 3 heterocycles. The van der Waals surface area contributed by atoms with Gasteiger partial charge in [-0.1, -0.05) is 19.9 Å². The van der Waals surface area contributed by atoms with Crippen LogP contribution in [0.25, 0.3) is 0 Å². The summed E-state index contributed by atoms with van der Waals surface area (Å²) in [7, 11) is 3.93. The molecule has 1 amide bonds. The van der Waals surface area contributed by atoms with Crippen molar-refractivity contribution in [1.29, 1.82) is 0 Å². The number of hydrogen-bond acceptors (Lipinski definition) is 5. The van der Waals surface area contributed by atoms with Gasteiger partial charge in [0.25, 0.3) is 0 Å². The minimum absolute atomic E-state index is 0.0486. The van der Waals surface area contributed by atoms with Gasteiger partial charge in [-0.05, 0) is 25.1 Å². The van der Waals surface area contributed by atoms with Gasteiger partial charge in [0.1, 0.15) is 5.82 Å². The highest BCUT2D eigenvalue weighted by molar-refractivity contribution is 5.81. The maximum atomic E-state index is 12.2. The zero-order valence-electron chi connectivity index (χ0n) is 18.2. The van der Waals surface area contributed by atoms with Crippen molar-refractivity contribution in [3.63, 3.8) is 0 Å². The van der Waals surface area contributed by atoms with E-state index in [1.54, 1.807) is 7.05 Å². The van der Waals surface area contributed by atoms with E-state index in [1.165, 1.54) is 0 Å². The summed E-state index contributed by atoms with van der Waals surface area (Å²) in [5.74, 6) is 2.08. The molecule has 0 radical (unpaired) electrons. The first kappa shape index (κ1) is 21.4. The molecule has 2 saturated heterocycles. The van der Waals surface area contributed by atoms with E-state index in [1.807, 2.05) is 24.9 Å². The first-order valence-corrected chi connectivity index (χ1v) is 10.6. The quantitative estimate of drug-likeness (QED) is 0.560. The van der Waals surface area contributed by atoms with Gasteiger partial charge in [-0.25, -0.2) is 4.98 Å². The number of carbonyl (C=O) groups excluding carboxylic acids is 1. The summed E-state index contributed by atoms with van der Waals surface area (Å²) in [6, 6.07) is 4.46. The summed E-state index contributed by atoms with van der Waals surface area (Å²) in [5, 5.41) is 6.80. The lowest BCUT2D eigenvalue weighted by atomic mass is 10.2. The fourth-order valence-corrected chi connectivity index (χ4v) is 3.76. The van der Waals surface area contributed by atoms with Crippen LogP contribution < -0.4 is 15.5 Å². The summed E-state index contributed by atoms with van der Waals surface area (Å²) in [4.78, 5) is 27.7. The SMILES string of the molecule is CN=C(NCc1ccc(N2CCN(C)CC2)nc1)NC1CCN(C(=O)C(C)C)C1. The normalized spacial score (nSPS) is 21.0. The molecule has 0 aromatic carbocycles. The molecule has 0 bridgehead atoms. The van der Waals surface area contributed by atoms with Crippen LogP contribution in [0.5, 0.6) is 0 Å². The predicted molar refractivity (Wildman–Crippen MR) is 117 cm³/mol. The molecule has 2 fully saturated rings. The molecule has 29 heavy (non-hydrogen) atoms. The van der Waals surface area contributed by atoms with Gasteiger partial charge in [0.15, 0.2) is 5.96 Å². The number of anilines is 1. The number of pyridine rings is 1. The first-order valence-electron chi connectivity index (χ1n) is 10.6. The molecule has 1 aromatic rings. The fourth-order valence-electron chi connectivity index (χ4n) is 3.76. The predicted octanol–water partition coefficient (Wildman–Crippen LogP) is 0.755. The standard InChI is InChI=1S/C21H35N7O/c1-16(2)20(29)28-8-7-18(15-28)25-21(22-3)24-14-17-5-6-19(23-13-17)27-11-9-26(4)10-12-27/h5-6,13,16,18H,7-12,14-15H2,1-4H3,(H2,22,24,25). The van der Waals surface area contributed by atoms with Gasteiger partial charge >= 0.3 is 0 Å². The van der Waals surface area contributed by atoms with Crippen molar-refractivity contribution < 1.29 is 4.79 Å². The lowest BCUT2D eigenvalue weighted by Gasteiger charge is -2.33. The van der Waals surface area contributed by atoms with Crippen molar-refractivity contribution in [3.05, 3.63) is 23.9 Å². The number of rotatable bonds is 5. The van der Waals surface area contributed by atoms with Crippen LogP contribution in [0.15, 0.2) is 23.3 Å². The Hall–Kier alpha value is -2.35. The average Bonchev–Trinajstić information content (AvgIpc) is 3.20. The molecule has 8 heteroatoms. The number of likely N-dealkylation sites (tertiary alicyclic amines) is 1. The number of hydrogen-bond donors (Lipinski definition) is 2. The van der Waals surface area contributed by atoms with Gasteiger partial charge < -0.3 is 25.3 Å². The third-order valence-electron chi connectivity index (χ3n) is 5.65. The number of piperazine rings is 1. The Morgan fingerprint density at radius 1 is 1.24 bits per heavy atom. The molecular weight excluding hydrogens is 366 g/mol. The van der Waals surface area contributed by atoms with E-state index in [0.717, 1.165) is 63.0 Å². The molecule has 3 rings (SSSR count). The van der Waals surface area contributed by atoms with Gasteiger partial charge in [0, 0.05) is 71.0 Å².